The monoisotopic (exact) mass is 345 g/mol. The molecule has 4 rings (SSSR count). The topological polar surface area (TPSA) is 63.0 Å². The first-order valence-electron chi connectivity index (χ1n) is 7.44. The summed E-state index contributed by atoms with van der Waals surface area (Å²) in [6.07, 6.45) is 4.08. The van der Waals surface area contributed by atoms with Gasteiger partial charge in [0.05, 0.1) is 11.4 Å². The van der Waals surface area contributed by atoms with E-state index in [0.717, 1.165) is 11.3 Å². The average Bonchev–Trinajstić information content (AvgIpc) is 2.94. The van der Waals surface area contributed by atoms with E-state index < -0.39 is 10.7 Å². The lowest BCUT2D eigenvalue weighted by molar-refractivity contribution is -0.987. The highest BCUT2D eigenvalue weighted by Gasteiger charge is 2.45. The van der Waals surface area contributed by atoms with Gasteiger partial charge in [-0.05, 0) is 11.2 Å². The molecule has 3 heterocycles. The molecule has 1 atom stereocenters. The molecule has 122 valence electrons. The van der Waals surface area contributed by atoms with Gasteiger partial charge in [-0.2, -0.15) is 4.99 Å². The number of rotatable bonds is 0. The Bertz CT molecular complexity index is 833. The molecule has 0 saturated carbocycles. The Labute approximate surface area is 141 Å². The van der Waals surface area contributed by atoms with Crippen LogP contribution in [-0.2, 0) is 10.5 Å². The molecule has 24 heavy (non-hydrogen) atoms. The van der Waals surface area contributed by atoms with E-state index >= 15 is 0 Å². The van der Waals surface area contributed by atoms with Crippen molar-refractivity contribution >= 4 is 28.9 Å². The maximum absolute atomic E-state index is 14.7. The normalized spacial score (nSPS) is 25.7. The lowest BCUT2D eigenvalue weighted by atomic mass is 10.2. The summed E-state index contributed by atoms with van der Waals surface area (Å²) in [6.45, 7) is 0.637. The van der Waals surface area contributed by atoms with Gasteiger partial charge in [0.15, 0.2) is 11.8 Å². The Balaban J connectivity index is 1.71. The number of aliphatic imine (C=N–C) groups is 1. The largest absolute Gasteiger partial charge is 0.491 e. The Morgan fingerprint density at radius 1 is 1.33 bits per heavy atom. The molecule has 1 aromatic carbocycles. The molecule has 1 N–H and O–H groups in total. The minimum Gasteiger partial charge on any atom is -0.491 e. The predicted molar refractivity (Wildman–Crippen MR) is 89.7 cm³/mol. The third kappa shape index (κ3) is 2.63. The van der Waals surface area contributed by atoms with Gasteiger partial charge < -0.3 is 10.1 Å². The first-order valence-corrected chi connectivity index (χ1v) is 8.43. The summed E-state index contributed by atoms with van der Waals surface area (Å²) in [7, 11) is 0. The van der Waals surface area contributed by atoms with Gasteiger partial charge in [-0.1, -0.05) is 18.2 Å². The molecule has 6 nitrogen and oxygen atoms in total. The molecule has 2 bridgehead atoms. The SMILES string of the molecule is O=C1NCCOc2ccccc2CSC2=NC3=C1C=N[N+]3(F)C=C2. The number of fused-ring (bicyclic) bond motifs is 1. The maximum atomic E-state index is 14.7. The standard InChI is InChI=1S/C16H13FN4O2S/c17-21-7-5-14-20-15(21)12(9-19-21)16(22)18-6-8-23-13-4-2-1-3-11(13)10-24-14/h1-5,7,9H,6,8,10H2/p+1. The molecule has 0 radical (unpaired) electrons. The van der Waals surface area contributed by atoms with Crippen LogP contribution in [-0.4, -0.2) is 35.1 Å². The van der Waals surface area contributed by atoms with Crippen molar-refractivity contribution in [2.45, 2.75) is 5.75 Å². The Hall–Kier alpha value is -2.45. The van der Waals surface area contributed by atoms with Crippen molar-refractivity contribution in [2.24, 2.45) is 10.1 Å². The molecule has 0 aliphatic carbocycles. The lowest BCUT2D eigenvalue weighted by Gasteiger charge is -2.15. The molecule has 0 aromatic heterocycles. The van der Waals surface area contributed by atoms with E-state index in [2.05, 4.69) is 15.4 Å². The number of benzene rings is 1. The zero-order valence-electron chi connectivity index (χ0n) is 12.6. The first-order chi connectivity index (χ1) is 11.7. The lowest BCUT2D eigenvalue weighted by Crippen LogP contribution is -2.32. The fourth-order valence-electron chi connectivity index (χ4n) is 2.54. The van der Waals surface area contributed by atoms with Gasteiger partial charge in [-0.25, -0.2) is 0 Å². The molecule has 8 heteroatoms. The molecule has 0 fully saturated rings. The van der Waals surface area contributed by atoms with Gasteiger partial charge in [0.2, 0.25) is 0 Å². The van der Waals surface area contributed by atoms with Crippen molar-refractivity contribution in [3.63, 3.8) is 0 Å². The van der Waals surface area contributed by atoms with Crippen LogP contribution in [0.15, 0.2) is 58.0 Å². The van der Waals surface area contributed by atoms with E-state index in [9.17, 15) is 9.28 Å². The molecule has 3 aliphatic heterocycles. The van der Waals surface area contributed by atoms with Crippen LogP contribution in [0.1, 0.15) is 5.56 Å². The van der Waals surface area contributed by atoms with Crippen LogP contribution in [0.25, 0.3) is 0 Å². The van der Waals surface area contributed by atoms with Crippen LogP contribution in [0.4, 0.5) is 4.48 Å². The maximum Gasteiger partial charge on any atom is 0.315 e. The van der Waals surface area contributed by atoms with E-state index in [1.54, 1.807) is 6.08 Å². The summed E-state index contributed by atoms with van der Waals surface area (Å²) in [5.41, 5.74) is 1.16. The number of carbonyl (C=O) groups excluding carboxylic acids is 1. The van der Waals surface area contributed by atoms with Crippen molar-refractivity contribution in [3.05, 3.63) is 53.5 Å². The zero-order chi connectivity index (χ0) is 16.6. The number of thioether (sulfide) groups is 1. The summed E-state index contributed by atoms with van der Waals surface area (Å²) < 4.78 is 20.5. The molecular formula is C16H14FN4O2S+. The van der Waals surface area contributed by atoms with Crippen LogP contribution in [0.2, 0.25) is 0 Å². The minimum atomic E-state index is -1.32. The summed E-state index contributed by atoms with van der Waals surface area (Å²) >= 11 is 1.46. The van der Waals surface area contributed by atoms with Gasteiger partial charge in [0.1, 0.15) is 23.6 Å². The zero-order valence-corrected chi connectivity index (χ0v) is 13.4. The fraction of sp³-hybridized carbons (Fsp3) is 0.188. The molecule has 0 spiro atoms. The van der Waals surface area contributed by atoms with Crippen molar-refractivity contribution in [1.29, 1.82) is 0 Å². The van der Waals surface area contributed by atoms with E-state index in [1.165, 1.54) is 24.2 Å². The van der Waals surface area contributed by atoms with E-state index in [-0.39, 0.29) is 11.4 Å². The fourth-order valence-corrected chi connectivity index (χ4v) is 3.39. The second-order valence-corrected chi connectivity index (χ2v) is 6.35. The minimum absolute atomic E-state index is 0.00838. The highest BCUT2D eigenvalue weighted by atomic mass is 32.2. The Kier molecular flexibility index (Phi) is 3.70. The molecule has 1 amide bonds. The first kappa shape index (κ1) is 15.1. The van der Waals surface area contributed by atoms with Crippen molar-refractivity contribution in [3.8, 4) is 5.75 Å². The van der Waals surface area contributed by atoms with Crippen molar-refractivity contribution in [2.75, 3.05) is 13.2 Å². The van der Waals surface area contributed by atoms with E-state index in [4.69, 9.17) is 4.74 Å². The summed E-state index contributed by atoms with van der Waals surface area (Å²) in [5.74, 6) is 0.990. The molecular weight excluding hydrogens is 331 g/mol. The number of nitrogens with zero attached hydrogens (tertiary/aromatic N) is 3. The van der Waals surface area contributed by atoms with Gasteiger partial charge in [0, 0.05) is 21.9 Å². The second kappa shape index (κ2) is 5.88. The number of halogens is 1. The smallest absolute Gasteiger partial charge is 0.315 e. The average molecular weight is 345 g/mol. The highest BCUT2D eigenvalue weighted by Crippen LogP contribution is 2.35. The summed E-state index contributed by atoms with van der Waals surface area (Å²) in [6, 6.07) is 7.71. The number of amides is 1. The van der Waals surface area contributed by atoms with E-state index in [0.29, 0.717) is 23.9 Å². The second-order valence-electron chi connectivity index (χ2n) is 5.35. The van der Waals surface area contributed by atoms with Gasteiger partial charge in [0.25, 0.3) is 5.91 Å². The van der Waals surface area contributed by atoms with Crippen molar-refractivity contribution in [1.82, 2.24) is 5.32 Å². The number of quaternary nitrogens is 1. The molecule has 0 saturated heterocycles. The number of ether oxygens (including phenoxy) is 1. The molecule has 3 aliphatic rings. The number of hydrogen-bond donors (Lipinski definition) is 1. The van der Waals surface area contributed by atoms with Gasteiger partial charge in [-0.15, -0.1) is 11.8 Å². The number of nitrogens with one attached hydrogen (secondary N) is 1. The third-order valence-corrected chi connectivity index (χ3v) is 4.74. The Morgan fingerprint density at radius 3 is 3.12 bits per heavy atom. The van der Waals surface area contributed by atoms with Crippen LogP contribution in [0.5, 0.6) is 5.75 Å². The van der Waals surface area contributed by atoms with Crippen molar-refractivity contribution < 1.29 is 18.8 Å². The highest BCUT2D eigenvalue weighted by molar-refractivity contribution is 8.13. The summed E-state index contributed by atoms with van der Waals surface area (Å²) in [5, 5.41) is 7.08. The van der Waals surface area contributed by atoms with Gasteiger partial charge >= 0.3 is 5.82 Å². The number of para-hydroxylation sites is 1. The summed E-state index contributed by atoms with van der Waals surface area (Å²) in [4.78, 5) is 15.3. The van der Waals surface area contributed by atoms with E-state index in [1.807, 2.05) is 24.3 Å². The molecule has 1 aromatic rings. The van der Waals surface area contributed by atoms with Crippen LogP contribution < -0.4 is 10.1 Å². The van der Waals surface area contributed by atoms with Crippen LogP contribution in [0, 0.1) is 0 Å². The van der Waals surface area contributed by atoms with Crippen LogP contribution in [0.3, 0.4) is 0 Å². The number of hydrogen-bond acceptors (Lipinski definition) is 5. The number of carbonyl (C=O) groups is 1. The Morgan fingerprint density at radius 2 is 2.21 bits per heavy atom. The predicted octanol–water partition coefficient (Wildman–Crippen LogP) is 2.27. The van der Waals surface area contributed by atoms with Gasteiger partial charge in [-0.3, -0.25) is 4.79 Å². The molecule has 1 unspecified atom stereocenters. The third-order valence-electron chi connectivity index (χ3n) is 3.76. The van der Waals surface area contributed by atoms with Crippen LogP contribution >= 0.6 is 11.8 Å². The quantitative estimate of drug-likeness (QED) is 0.734.